The van der Waals surface area contributed by atoms with Crippen LogP contribution in [-0.4, -0.2) is 13.7 Å². The molecule has 2 aliphatic rings. The molecule has 0 aliphatic heterocycles. The topological polar surface area (TPSA) is 21.3 Å². The summed E-state index contributed by atoms with van der Waals surface area (Å²) >= 11 is 0. The van der Waals surface area contributed by atoms with Crippen molar-refractivity contribution in [2.45, 2.75) is 45.6 Å². The zero-order valence-electron chi connectivity index (χ0n) is 13.0. The van der Waals surface area contributed by atoms with E-state index in [1.807, 2.05) is 0 Å². The smallest absolute Gasteiger partial charge is 0.118 e. The molecular formula is C18H27NO. The summed E-state index contributed by atoms with van der Waals surface area (Å²) in [6, 6.07) is 9.16. The molecule has 2 nitrogen and oxygen atoms in total. The second-order valence-corrected chi connectivity index (χ2v) is 6.99. The van der Waals surface area contributed by atoms with Crippen LogP contribution in [0.5, 0.6) is 5.75 Å². The molecule has 2 fully saturated rings. The third-order valence-corrected chi connectivity index (χ3v) is 5.36. The summed E-state index contributed by atoms with van der Waals surface area (Å²) < 4.78 is 5.26. The average molecular weight is 273 g/mol. The Bertz CT molecular complexity index is 443. The minimum absolute atomic E-state index is 0.539. The first-order valence-electron chi connectivity index (χ1n) is 8.02. The first kappa shape index (κ1) is 13.9. The Morgan fingerprint density at radius 1 is 1.20 bits per heavy atom. The van der Waals surface area contributed by atoms with E-state index in [1.54, 1.807) is 7.11 Å². The van der Waals surface area contributed by atoms with Crippen LogP contribution < -0.4 is 10.1 Å². The zero-order chi connectivity index (χ0) is 14.2. The number of ether oxygens (including phenoxy) is 1. The summed E-state index contributed by atoms with van der Waals surface area (Å²) in [7, 11) is 1.73. The van der Waals surface area contributed by atoms with Crippen molar-refractivity contribution in [3.8, 4) is 5.75 Å². The monoisotopic (exact) mass is 273 g/mol. The quantitative estimate of drug-likeness (QED) is 0.805. The van der Waals surface area contributed by atoms with Crippen molar-refractivity contribution in [2.75, 3.05) is 13.7 Å². The third kappa shape index (κ3) is 2.85. The summed E-state index contributed by atoms with van der Waals surface area (Å²) in [5, 5.41) is 3.88. The maximum Gasteiger partial charge on any atom is 0.118 e. The van der Waals surface area contributed by atoms with E-state index in [9.17, 15) is 0 Å². The lowest BCUT2D eigenvalue weighted by molar-refractivity contribution is 0.312. The second-order valence-electron chi connectivity index (χ2n) is 6.99. The molecule has 0 bridgehead atoms. The molecule has 0 amide bonds. The molecule has 1 aromatic rings. The highest BCUT2D eigenvalue weighted by Gasteiger charge is 2.46. The molecule has 0 spiro atoms. The number of methoxy groups -OCH3 is 1. The molecule has 20 heavy (non-hydrogen) atoms. The minimum atomic E-state index is 0.539. The summed E-state index contributed by atoms with van der Waals surface area (Å²) in [5.41, 5.74) is 2.01. The first-order valence-corrected chi connectivity index (χ1v) is 8.02. The van der Waals surface area contributed by atoms with E-state index in [2.05, 4.69) is 43.4 Å². The lowest BCUT2D eigenvalue weighted by Gasteiger charge is -2.25. The first-order chi connectivity index (χ1) is 9.64. The highest BCUT2D eigenvalue weighted by molar-refractivity contribution is 5.30. The van der Waals surface area contributed by atoms with Crippen molar-refractivity contribution in [3.63, 3.8) is 0 Å². The fourth-order valence-corrected chi connectivity index (χ4v) is 3.23. The van der Waals surface area contributed by atoms with E-state index in [1.165, 1.54) is 37.8 Å². The van der Waals surface area contributed by atoms with Gasteiger partial charge in [0.1, 0.15) is 5.75 Å². The van der Waals surface area contributed by atoms with Crippen molar-refractivity contribution >= 4 is 0 Å². The van der Waals surface area contributed by atoms with E-state index in [-0.39, 0.29) is 0 Å². The van der Waals surface area contributed by atoms with E-state index >= 15 is 0 Å². The number of hydrogen-bond acceptors (Lipinski definition) is 2. The predicted molar refractivity (Wildman–Crippen MR) is 83.0 cm³/mol. The molecule has 1 aromatic carbocycles. The largest absolute Gasteiger partial charge is 0.497 e. The molecule has 0 heterocycles. The van der Waals surface area contributed by atoms with Crippen LogP contribution in [0.15, 0.2) is 24.3 Å². The van der Waals surface area contributed by atoms with Gasteiger partial charge in [0.25, 0.3) is 0 Å². The lowest BCUT2D eigenvalue weighted by Crippen LogP contribution is -2.32. The van der Waals surface area contributed by atoms with E-state index in [0.717, 1.165) is 17.6 Å². The predicted octanol–water partition coefficient (Wildman–Crippen LogP) is 4.17. The third-order valence-electron chi connectivity index (χ3n) is 5.36. The molecule has 2 saturated carbocycles. The van der Waals surface area contributed by atoms with E-state index in [4.69, 9.17) is 4.74 Å². The van der Waals surface area contributed by atoms with Gasteiger partial charge in [-0.2, -0.15) is 0 Å². The fraction of sp³-hybridized carbons (Fsp3) is 0.667. The SMILES string of the molecule is COc1ccc(C(NCC2(C(C)C)CC2)C2CC2)cc1. The lowest BCUT2D eigenvalue weighted by atomic mass is 9.91. The summed E-state index contributed by atoms with van der Waals surface area (Å²) in [6.45, 7) is 5.92. The molecule has 3 rings (SSSR count). The van der Waals surface area contributed by atoms with Crippen molar-refractivity contribution in [1.29, 1.82) is 0 Å². The standard InChI is InChI=1S/C18H27NO/c1-13(2)18(10-11-18)12-19-17(14-4-5-14)15-6-8-16(20-3)9-7-15/h6-9,13-14,17,19H,4-5,10-12H2,1-3H3. The Morgan fingerprint density at radius 2 is 1.85 bits per heavy atom. The van der Waals surface area contributed by atoms with Gasteiger partial charge in [0.05, 0.1) is 7.11 Å². The summed E-state index contributed by atoms with van der Waals surface area (Å²) in [5.74, 6) is 2.58. The maximum absolute atomic E-state index is 5.26. The minimum Gasteiger partial charge on any atom is -0.497 e. The Kier molecular flexibility index (Phi) is 3.76. The number of hydrogen-bond donors (Lipinski definition) is 1. The van der Waals surface area contributed by atoms with E-state index < -0.39 is 0 Å². The van der Waals surface area contributed by atoms with Crippen LogP contribution in [0, 0.1) is 17.3 Å². The van der Waals surface area contributed by atoms with E-state index in [0.29, 0.717) is 11.5 Å². The van der Waals surface area contributed by atoms with Crippen molar-refractivity contribution in [2.24, 2.45) is 17.3 Å². The van der Waals surface area contributed by atoms with Gasteiger partial charge in [-0.05, 0) is 60.6 Å². The van der Waals surface area contributed by atoms with Gasteiger partial charge in [0, 0.05) is 12.6 Å². The average Bonchev–Trinajstić information content (AvgIpc) is 3.34. The Hall–Kier alpha value is -1.02. The van der Waals surface area contributed by atoms with Crippen molar-refractivity contribution < 1.29 is 4.74 Å². The maximum atomic E-state index is 5.26. The van der Waals surface area contributed by atoms with Crippen LogP contribution in [0.1, 0.15) is 51.1 Å². The van der Waals surface area contributed by atoms with Crippen LogP contribution in [0.3, 0.4) is 0 Å². The van der Waals surface area contributed by atoms with Gasteiger partial charge in [-0.15, -0.1) is 0 Å². The fourth-order valence-electron chi connectivity index (χ4n) is 3.23. The van der Waals surface area contributed by atoms with Crippen LogP contribution in [0.4, 0.5) is 0 Å². The molecular weight excluding hydrogens is 246 g/mol. The number of rotatable bonds is 7. The normalized spacial score (nSPS) is 21.8. The molecule has 2 aliphatic carbocycles. The van der Waals surface area contributed by atoms with Gasteiger partial charge in [-0.3, -0.25) is 0 Å². The number of benzene rings is 1. The highest BCUT2D eigenvalue weighted by atomic mass is 16.5. The Morgan fingerprint density at radius 3 is 2.30 bits per heavy atom. The van der Waals surface area contributed by atoms with Crippen LogP contribution in [0.2, 0.25) is 0 Å². The van der Waals surface area contributed by atoms with Gasteiger partial charge in [-0.1, -0.05) is 26.0 Å². The molecule has 110 valence electrons. The zero-order valence-corrected chi connectivity index (χ0v) is 13.0. The molecule has 2 heteroatoms. The highest BCUT2D eigenvalue weighted by Crippen LogP contribution is 2.52. The van der Waals surface area contributed by atoms with Crippen molar-refractivity contribution in [1.82, 2.24) is 5.32 Å². The molecule has 1 N–H and O–H groups in total. The summed E-state index contributed by atoms with van der Waals surface area (Å²) in [6.07, 6.45) is 5.55. The van der Waals surface area contributed by atoms with Crippen LogP contribution >= 0.6 is 0 Å². The molecule has 0 aromatic heterocycles. The van der Waals surface area contributed by atoms with Gasteiger partial charge in [0.15, 0.2) is 0 Å². The van der Waals surface area contributed by atoms with Crippen molar-refractivity contribution in [3.05, 3.63) is 29.8 Å². The molecule has 1 unspecified atom stereocenters. The Labute approximate surface area is 122 Å². The van der Waals surface area contributed by atoms with Gasteiger partial charge < -0.3 is 10.1 Å². The number of nitrogens with one attached hydrogen (secondary N) is 1. The second kappa shape index (κ2) is 5.40. The molecule has 0 saturated heterocycles. The molecule has 1 atom stereocenters. The van der Waals surface area contributed by atoms with Crippen LogP contribution in [-0.2, 0) is 0 Å². The Balaban J connectivity index is 1.66. The summed E-state index contributed by atoms with van der Waals surface area (Å²) in [4.78, 5) is 0. The van der Waals surface area contributed by atoms with Gasteiger partial charge in [-0.25, -0.2) is 0 Å². The van der Waals surface area contributed by atoms with Gasteiger partial charge in [0.2, 0.25) is 0 Å². The molecule has 0 radical (unpaired) electrons. The van der Waals surface area contributed by atoms with Gasteiger partial charge >= 0.3 is 0 Å². The van der Waals surface area contributed by atoms with Crippen LogP contribution in [0.25, 0.3) is 0 Å².